The van der Waals surface area contributed by atoms with E-state index in [1.807, 2.05) is 50.2 Å². The second-order valence-electron chi connectivity index (χ2n) is 5.94. The van der Waals surface area contributed by atoms with Gasteiger partial charge in [0.25, 0.3) is 5.91 Å². The molecule has 1 aromatic heterocycles. The molecule has 0 aliphatic rings. The monoisotopic (exact) mass is 342 g/mol. The van der Waals surface area contributed by atoms with Gasteiger partial charge in [-0.3, -0.25) is 4.79 Å². The van der Waals surface area contributed by atoms with Crippen molar-refractivity contribution in [2.24, 2.45) is 0 Å². The zero-order chi connectivity index (χ0) is 18.5. The molecule has 0 aliphatic heterocycles. The fraction of sp³-hybridized carbons (Fsp3) is 0.0952. The highest BCUT2D eigenvalue weighted by atomic mass is 16.1. The summed E-state index contributed by atoms with van der Waals surface area (Å²) in [5.41, 5.74) is 5.09. The van der Waals surface area contributed by atoms with Crippen molar-refractivity contribution in [1.82, 2.24) is 4.98 Å². The molecule has 3 aromatic rings. The van der Waals surface area contributed by atoms with Gasteiger partial charge in [-0.2, -0.15) is 5.26 Å². The number of anilines is 3. The molecule has 0 unspecified atom stereocenters. The quantitative estimate of drug-likeness (QED) is 0.728. The van der Waals surface area contributed by atoms with E-state index < -0.39 is 0 Å². The maximum absolute atomic E-state index is 12.5. The van der Waals surface area contributed by atoms with Crippen molar-refractivity contribution in [3.05, 3.63) is 83.2 Å². The second kappa shape index (κ2) is 7.49. The second-order valence-corrected chi connectivity index (χ2v) is 5.94. The molecular formula is C21H18N4O. The molecule has 3 rings (SSSR count). The Morgan fingerprint density at radius 3 is 2.38 bits per heavy atom. The number of aromatic nitrogens is 1. The molecule has 2 N–H and O–H groups in total. The number of benzene rings is 2. The third kappa shape index (κ3) is 3.70. The van der Waals surface area contributed by atoms with Crippen molar-refractivity contribution < 1.29 is 4.79 Å². The van der Waals surface area contributed by atoms with Gasteiger partial charge in [-0.1, -0.05) is 30.3 Å². The van der Waals surface area contributed by atoms with Crippen LogP contribution in [0.2, 0.25) is 0 Å². The number of carbonyl (C=O) groups is 1. The summed E-state index contributed by atoms with van der Waals surface area (Å²) in [6.45, 7) is 3.91. The van der Waals surface area contributed by atoms with E-state index in [4.69, 9.17) is 5.26 Å². The van der Waals surface area contributed by atoms with Crippen LogP contribution in [0.15, 0.2) is 60.8 Å². The summed E-state index contributed by atoms with van der Waals surface area (Å²) in [7, 11) is 0. The van der Waals surface area contributed by atoms with Gasteiger partial charge in [0.1, 0.15) is 11.8 Å². The van der Waals surface area contributed by atoms with Crippen molar-refractivity contribution in [2.45, 2.75) is 13.8 Å². The first-order valence-electron chi connectivity index (χ1n) is 8.18. The molecule has 0 fully saturated rings. The van der Waals surface area contributed by atoms with E-state index in [-0.39, 0.29) is 5.91 Å². The van der Waals surface area contributed by atoms with Gasteiger partial charge < -0.3 is 10.6 Å². The van der Waals surface area contributed by atoms with Crippen molar-refractivity contribution >= 4 is 23.0 Å². The molecule has 128 valence electrons. The molecule has 2 aromatic carbocycles. The maximum atomic E-state index is 12.5. The smallest absolute Gasteiger partial charge is 0.274 e. The fourth-order valence-corrected chi connectivity index (χ4v) is 2.64. The Bertz CT molecular complexity index is 967. The number of carbonyl (C=O) groups excluding carboxylic acids is 1. The normalized spacial score (nSPS) is 10.0. The summed E-state index contributed by atoms with van der Waals surface area (Å²) >= 11 is 0. The lowest BCUT2D eigenvalue weighted by Crippen LogP contribution is -2.15. The van der Waals surface area contributed by atoms with Gasteiger partial charge in [-0.15, -0.1) is 0 Å². The van der Waals surface area contributed by atoms with Gasteiger partial charge in [-0.05, 0) is 49.2 Å². The lowest BCUT2D eigenvalue weighted by molar-refractivity contribution is 0.102. The first-order valence-corrected chi connectivity index (χ1v) is 8.18. The molecule has 5 heteroatoms. The van der Waals surface area contributed by atoms with Crippen LogP contribution in [-0.2, 0) is 0 Å². The number of aryl methyl sites for hydroxylation is 2. The molecule has 0 radical (unpaired) electrons. The third-order valence-corrected chi connectivity index (χ3v) is 4.04. The van der Waals surface area contributed by atoms with E-state index in [0.29, 0.717) is 22.6 Å². The minimum absolute atomic E-state index is 0.258. The number of nitriles is 1. The topological polar surface area (TPSA) is 77.8 Å². The van der Waals surface area contributed by atoms with Crippen LogP contribution in [0.1, 0.15) is 27.2 Å². The molecule has 0 saturated heterocycles. The minimum Gasteiger partial charge on any atom is -0.353 e. The molecular weight excluding hydrogens is 324 g/mol. The zero-order valence-electron chi connectivity index (χ0n) is 14.6. The standard InChI is InChI=1S/C21H18N4O/c1-14-6-5-7-15(2)20(14)25-21(26)19-11-10-17(13-23-19)24-18-9-4-3-8-16(18)12-22/h3-11,13,24H,1-2H3,(H,25,26). The first kappa shape index (κ1) is 17.2. The predicted molar refractivity (Wildman–Crippen MR) is 103 cm³/mol. The average molecular weight is 342 g/mol. The van der Waals surface area contributed by atoms with Gasteiger partial charge in [-0.25, -0.2) is 4.98 Å². The Kier molecular flexibility index (Phi) is 4.95. The van der Waals surface area contributed by atoms with Gasteiger partial charge in [0, 0.05) is 5.69 Å². The molecule has 1 heterocycles. The molecule has 0 aliphatic carbocycles. The summed E-state index contributed by atoms with van der Waals surface area (Å²) in [4.78, 5) is 16.7. The van der Waals surface area contributed by atoms with Crippen LogP contribution in [0.3, 0.4) is 0 Å². The summed E-state index contributed by atoms with van der Waals surface area (Å²) in [5, 5.41) is 15.2. The Morgan fingerprint density at radius 1 is 1.00 bits per heavy atom. The van der Waals surface area contributed by atoms with Gasteiger partial charge >= 0.3 is 0 Å². The molecule has 26 heavy (non-hydrogen) atoms. The van der Waals surface area contributed by atoms with Gasteiger partial charge in [0.15, 0.2) is 0 Å². The number of amides is 1. The van der Waals surface area contributed by atoms with Gasteiger partial charge in [0.2, 0.25) is 0 Å². The minimum atomic E-state index is -0.258. The summed E-state index contributed by atoms with van der Waals surface area (Å²) in [6, 6.07) is 18.6. The predicted octanol–water partition coefficient (Wildman–Crippen LogP) is 4.57. The van der Waals surface area contributed by atoms with E-state index in [2.05, 4.69) is 21.7 Å². The summed E-state index contributed by atoms with van der Waals surface area (Å²) in [6.07, 6.45) is 1.58. The van der Waals surface area contributed by atoms with Crippen LogP contribution in [0.5, 0.6) is 0 Å². The van der Waals surface area contributed by atoms with E-state index in [1.54, 1.807) is 24.4 Å². The lowest BCUT2D eigenvalue weighted by atomic mass is 10.1. The van der Waals surface area contributed by atoms with Crippen LogP contribution >= 0.6 is 0 Å². The van der Waals surface area contributed by atoms with E-state index in [9.17, 15) is 4.79 Å². The number of hydrogen-bond acceptors (Lipinski definition) is 4. The zero-order valence-corrected chi connectivity index (χ0v) is 14.6. The van der Waals surface area contributed by atoms with Crippen LogP contribution in [0.25, 0.3) is 0 Å². The number of pyridine rings is 1. The third-order valence-electron chi connectivity index (χ3n) is 4.04. The van der Waals surface area contributed by atoms with Gasteiger partial charge in [0.05, 0.1) is 23.1 Å². The largest absolute Gasteiger partial charge is 0.353 e. The van der Waals surface area contributed by atoms with E-state index in [0.717, 1.165) is 16.8 Å². The molecule has 0 saturated carbocycles. The average Bonchev–Trinajstić information content (AvgIpc) is 2.66. The van der Waals surface area contributed by atoms with Crippen molar-refractivity contribution in [2.75, 3.05) is 10.6 Å². The molecule has 0 atom stereocenters. The first-order chi connectivity index (χ1) is 12.6. The highest BCUT2D eigenvalue weighted by molar-refractivity contribution is 6.03. The number of rotatable bonds is 4. The molecule has 0 bridgehead atoms. The molecule has 5 nitrogen and oxygen atoms in total. The van der Waals surface area contributed by atoms with Crippen molar-refractivity contribution in [3.63, 3.8) is 0 Å². The Hall–Kier alpha value is -3.65. The SMILES string of the molecule is Cc1cccc(C)c1NC(=O)c1ccc(Nc2ccccc2C#N)cn1. The number of hydrogen-bond donors (Lipinski definition) is 2. The maximum Gasteiger partial charge on any atom is 0.274 e. The number of nitrogens with one attached hydrogen (secondary N) is 2. The lowest BCUT2D eigenvalue weighted by Gasteiger charge is -2.12. The molecule has 1 amide bonds. The Morgan fingerprint density at radius 2 is 1.73 bits per heavy atom. The van der Waals surface area contributed by atoms with Crippen LogP contribution in [0, 0.1) is 25.2 Å². The van der Waals surface area contributed by atoms with E-state index in [1.165, 1.54) is 0 Å². The summed E-state index contributed by atoms with van der Waals surface area (Å²) < 4.78 is 0. The highest BCUT2D eigenvalue weighted by Gasteiger charge is 2.11. The van der Waals surface area contributed by atoms with Crippen LogP contribution < -0.4 is 10.6 Å². The highest BCUT2D eigenvalue weighted by Crippen LogP contribution is 2.22. The fourth-order valence-electron chi connectivity index (χ4n) is 2.64. The van der Waals surface area contributed by atoms with Crippen molar-refractivity contribution in [3.8, 4) is 6.07 Å². The number of para-hydroxylation sites is 2. The Balaban J connectivity index is 1.75. The number of nitrogens with zero attached hydrogens (tertiary/aromatic N) is 2. The van der Waals surface area contributed by atoms with E-state index >= 15 is 0 Å². The van der Waals surface area contributed by atoms with Crippen LogP contribution in [0.4, 0.5) is 17.1 Å². The van der Waals surface area contributed by atoms with Crippen LogP contribution in [-0.4, -0.2) is 10.9 Å². The summed E-state index contributed by atoms with van der Waals surface area (Å²) in [5.74, 6) is -0.258. The Labute approximate surface area is 152 Å². The van der Waals surface area contributed by atoms with Crippen molar-refractivity contribution in [1.29, 1.82) is 5.26 Å². The molecule has 0 spiro atoms.